The predicted molar refractivity (Wildman–Crippen MR) is 86.8 cm³/mol. The van der Waals surface area contributed by atoms with Crippen LogP contribution in [0.15, 0.2) is 36.7 Å². The van der Waals surface area contributed by atoms with Crippen LogP contribution in [0.4, 0.5) is 4.39 Å². The minimum atomic E-state index is -3.62. The summed E-state index contributed by atoms with van der Waals surface area (Å²) in [5.41, 5.74) is 1.29. The van der Waals surface area contributed by atoms with Crippen molar-refractivity contribution in [1.82, 2.24) is 14.5 Å². The summed E-state index contributed by atoms with van der Waals surface area (Å²) >= 11 is 0. The topological polar surface area (TPSA) is 84.2 Å². The molecule has 6 nitrogen and oxygen atoms in total. The van der Waals surface area contributed by atoms with Crippen LogP contribution in [0.3, 0.4) is 0 Å². The number of hydrogen-bond donors (Lipinski definition) is 2. The molecule has 2 aromatic rings. The van der Waals surface area contributed by atoms with Crippen molar-refractivity contribution in [1.29, 1.82) is 0 Å². The van der Waals surface area contributed by atoms with E-state index in [2.05, 4.69) is 9.82 Å². The van der Waals surface area contributed by atoms with Crippen molar-refractivity contribution < 1.29 is 17.9 Å². The number of aliphatic hydroxyl groups is 1. The average Bonchev–Trinajstić information content (AvgIpc) is 2.90. The van der Waals surface area contributed by atoms with E-state index in [1.54, 1.807) is 24.1 Å². The quantitative estimate of drug-likeness (QED) is 0.824. The number of nitrogens with zero attached hydrogens (tertiary/aromatic N) is 2. The van der Waals surface area contributed by atoms with E-state index in [0.29, 0.717) is 18.4 Å². The molecule has 24 heavy (non-hydrogen) atoms. The Morgan fingerprint density at radius 1 is 1.38 bits per heavy atom. The van der Waals surface area contributed by atoms with Crippen LogP contribution in [-0.4, -0.2) is 29.4 Å². The molecule has 1 aliphatic carbocycles. The molecule has 1 saturated carbocycles. The molecule has 0 saturated heterocycles. The zero-order chi connectivity index (χ0) is 17.3. The Morgan fingerprint density at radius 3 is 2.58 bits per heavy atom. The first-order chi connectivity index (χ1) is 11.3. The minimum Gasteiger partial charge on any atom is -0.393 e. The summed E-state index contributed by atoms with van der Waals surface area (Å²) in [6, 6.07) is 4.98. The van der Waals surface area contributed by atoms with Gasteiger partial charge in [-0.15, -0.1) is 0 Å². The largest absolute Gasteiger partial charge is 0.393 e. The van der Waals surface area contributed by atoms with Gasteiger partial charge in [-0.3, -0.25) is 4.68 Å². The smallest absolute Gasteiger partial charge is 0.216 e. The van der Waals surface area contributed by atoms with Gasteiger partial charge in [0.15, 0.2) is 0 Å². The maximum Gasteiger partial charge on any atom is 0.216 e. The number of nitrogens with one attached hydrogen (secondary N) is 1. The third-order valence-electron chi connectivity index (χ3n) is 4.28. The van der Waals surface area contributed by atoms with Gasteiger partial charge in [0.05, 0.1) is 24.1 Å². The summed E-state index contributed by atoms with van der Waals surface area (Å²) in [4.78, 5) is 0. The zero-order valence-corrected chi connectivity index (χ0v) is 14.1. The van der Waals surface area contributed by atoms with E-state index in [-0.39, 0.29) is 17.8 Å². The van der Waals surface area contributed by atoms with E-state index >= 15 is 0 Å². The van der Waals surface area contributed by atoms with Crippen molar-refractivity contribution in [2.75, 3.05) is 0 Å². The molecule has 1 aromatic heterocycles. The molecular weight excluding hydrogens is 333 g/mol. The summed E-state index contributed by atoms with van der Waals surface area (Å²) < 4.78 is 42.3. The normalized spacial score (nSPS) is 22.1. The molecule has 2 N–H and O–H groups in total. The monoisotopic (exact) mass is 353 g/mol. The van der Waals surface area contributed by atoms with Gasteiger partial charge < -0.3 is 5.11 Å². The number of aryl methyl sites for hydroxylation is 1. The van der Waals surface area contributed by atoms with E-state index in [0.717, 1.165) is 5.56 Å². The highest BCUT2D eigenvalue weighted by Crippen LogP contribution is 2.38. The van der Waals surface area contributed by atoms with Gasteiger partial charge >= 0.3 is 0 Å². The molecule has 1 fully saturated rings. The number of hydrogen-bond acceptors (Lipinski definition) is 4. The second-order valence-corrected chi connectivity index (χ2v) is 8.07. The molecule has 0 radical (unpaired) electrons. The van der Waals surface area contributed by atoms with Crippen LogP contribution >= 0.6 is 0 Å². The number of benzene rings is 1. The summed E-state index contributed by atoms with van der Waals surface area (Å²) in [5, 5.41) is 13.6. The molecule has 0 unspecified atom stereocenters. The lowest BCUT2D eigenvalue weighted by molar-refractivity contribution is 0.0280. The van der Waals surface area contributed by atoms with Crippen LogP contribution in [0, 0.1) is 11.7 Å². The molecule has 1 aromatic carbocycles. The Morgan fingerprint density at radius 2 is 2.04 bits per heavy atom. The lowest BCUT2D eigenvalue weighted by Crippen LogP contribution is -2.41. The molecule has 1 atom stereocenters. The second kappa shape index (κ2) is 6.62. The maximum atomic E-state index is 13.0. The number of halogens is 1. The van der Waals surface area contributed by atoms with Crippen molar-refractivity contribution in [2.24, 2.45) is 13.0 Å². The number of sulfonamides is 1. The summed E-state index contributed by atoms with van der Waals surface area (Å²) in [6.07, 6.45) is 4.14. The van der Waals surface area contributed by atoms with Crippen molar-refractivity contribution in [3.05, 3.63) is 53.6 Å². The van der Waals surface area contributed by atoms with Gasteiger partial charge in [-0.25, -0.2) is 17.5 Å². The standard InChI is InChI=1S/C16H20FN3O3S/c1-20-9-13(8-18-20)16(12-6-15(21)7-12)19-24(22,23)10-11-2-4-14(17)5-3-11/h2-5,8-9,12,15-16,19,21H,6-7,10H2,1H3/t12?,15?,16-/m1/s1. The van der Waals surface area contributed by atoms with Crippen LogP contribution in [0.1, 0.15) is 30.0 Å². The second-order valence-electron chi connectivity index (χ2n) is 6.31. The van der Waals surface area contributed by atoms with Crippen LogP contribution in [0.5, 0.6) is 0 Å². The predicted octanol–water partition coefficient (Wildman–Crippen LogP) is 1.49. The molecule has 0 amide bonds. The SMILES string of the molecule is Cn1cc([C@H](NS(=O)(=O)Cc2ccc(F)cc2)C2CC(O)C2)cn1. The zero-order valence-electron chi connectivity index (χ0n) is 13.3. The first-order valence-electron chi connectivity index (χ1n) is 7.73. The Kier molecular flexibility index (Phi) is 4.71. The molecule has 130 valence electrons. The van der Waals surface area contributed by atoms with Gasteiger partial charge in [-0.05, 0) is 36.5 Å². The van der Waals surface area contributed by atoms with E-state index in [4.69, 9.17) is 0 Å². The lowest BCUT2D eigenvalue weighted by atomic mass is 9.76. The van der Waals surface area contributed by atoms with E-state index in [9.17, 15) is 17.9 Å². The number of rotatable bonds is 6. The Hall–Kier alpha value is -1.77. The third kappa shape index (κ3) is 4.00. The highest BCUT2D eigenvalue weighted by Gasteiger charge is 2.37. The lowest BCUT2D eigenvalue weighted by Gasteiger charge is -2.37. The highest BCUT2D eigenvalue weighted by molar-refractivity contribution is 7.88. The highest BCUT2D eigenvalue weighted by atomic mass is 32.2. The van der Waals surface area contributed by atoms with Gasteiger partial charge in [0, 0.05) is 18.8 Å². The third-order valence-corrected chi connectivity index (χ3v) is 5.61. The van der Waals surface area contributed by atoms with Gasteiger partial charge in [-0.2, -0.15) is 5.10 Å². The van der Waals surface area contributed by atoms with Crippen LogP contribution < -0.4 is 4.72 Å². The molecule has 0 spiro atoms. The Bertz CT molecular complexity index is 798. The molecule has 0 aliphatic heterocycles. The van der Waals surface area contributed by atoms with Crippen molar-refractivity contribution >= 4 is 10.0 Å². The van der Waals surface area contributed by atoms with E-state index in [1.165, 1.54) is 24.3 Å². The van der Waals surface area contributed by atoms with Gasteiger partial charge in [-0.1, -0.05) is 12.1 Å². The van der Waals surface area contributed by atoms with Gasteiger partial charge in [0.25, 0.3) is 0 Å². The fourth-order valence-corrected chi connectivity index (χ4v) is 4.40. The minimum absolute atomic E-state index is 0.0344. The Labute approximate surface area is 140 Å². The van der Waals surface area contributed by atoms with E-state index in [1.807, 2.05) is 0 Å². The molecule has 1 heterocycles. The number of aliphatic hydroxyl groups excluding tert-OH is 1. The van der Waals surface area contributed by atoms with Crippen LogP contribution in [0.2, 0.25) is 0 Å². The first kappa shape index (κ1) is 17.1. The summed E-state index contributed by atoms with van der Waals surface area (Å²) in [7, 11) is -1.85. The molecule has 0 bridgehead atoms. The first-order valence-corrected chi connectivity index (χ1v) is 9.39. The maximum absolute atomic E-state index is 13.0. The molecule has 1 aliphatic rings. The molecule has 8 heteroatoms. The fraction of sp³-hybridized carbons (Fsp3) is 0.438. The van der Waals surface area contributed by atoms with Crippen LogP contribution in [-0.2, 0) is 22.8 Å². The molecular formula is C16H20FN3O3S. The van der Waals surface area contributed by atoms with Crippen LogP contribution in [0.25, 0.3) is 0 Å². The Balaban J connectivity index is 1.77. The van der Waals surface area contributed by atoms with Crippen molar-refractivity contribution in [3.8, 4) is 0 Å². The summed E-state index contributed by atoms with van der Waals surface area (Å²) in [6.45, 7) is 0. The van der Waals surface area contributed by atoms with Crippen molar-refractivity contribution in [2.45, 2.75) is 30.7 Å². The summed E-state index contributed by atoms with van der Waals surface area (Å²) in [5.74, 6) is -0.591. The number of aromatic nitrogens is 2. The average molecular weight is 353 g/mol. The fourth-order valence-electron chi connectivity index (χ4n) is 2.97. The van der Waals surface area contributed by atoms with Gasteiger partial charge in [0.1, 0.15) is 5.82 Å². The van der Waals surface area contributed by atoms with Crippen molar-refractivity contribution in [3.63, 3.8) is 0 Å². The van der Waals surface area contributed by atoms with E-state index < -0.39 is 21.9 Å². The molecule has 3 rings (SSSR count). The van der Waals surface area contributed by atoms with Gasteiger partial charge in [0.2, 0.25) is 10.0 Å².